The fourth-order valence-corrected chi connectivity index (χ4v) is 1.58. The van der Waals surface area contributed by atoms with E-state index in [2.05, 4.69) is 33.0 Å². The van der Waals surface area contributed by atoms with E-state index in [9.17, 15) is 0 Å². The summed E-state index contributed by atoms with van der Waals surface area (Å²) in [5.74, 6) is 0. The lowest BCUT2D eigenvalue weighted by atomic mass is 9.93. The van der Waals surface area contributed by atoms with Crippen LogP contribution in [-0.4, -0.2) is 23.3 Å². The number of aliphatic hydroxyl groups excluding tert-OH is 1. The van der Waals surface area contributed by atoms with Gasteiger partial charge >= 0.3 is 0 Å². The van der Waals surface area contributed by atoms with Gasteiger partial charge in [0.15, 0.2) is 0 Å². The van der Waals surface area contributed by atoms with Crippen molar-refractivity contribution in [2.75, 3.05) is 6.61 Å². The minimum Gasteiger partial charge on any atom is -0.396 e. The van der Waals surface area contributed by atoms with E-state index in [1.165, 1.54) is 0 Å². The Morgan fingerprint density at radius 3 is 2.08 bits per heavy atom. The smallest absolute Gasteiger partial charge is 0.0448 e. The van der Waals surface area contributed by atoms with Crippen molar-refractivity contribution in [3.05, 3.63) is 0 Å². The molecule has 0 aromatic carbocycles. The highest BCUT2D eigenvalue weighted by atomic mass is 16.3. The zero-order valence-electron chi connectivity index (χ0n) is 9.56. The predicted molar refractivity (Wildman–Crippen MR) is 57.9 cm³/mol. The van der Waals surface area contributed by atoms with E-state index in [-0.39, 0.29) is 12.1 Å². The van der Waals surface area contributed by atoms with Crippen molar-refractivity contribution >= 4 is 0 Å². The van der Waals surface area contributed by atoms with Gasteiger partial charge in [0, 0.05) is 18.2 Å². The summed E-state index contributed by atoms with van der Waals surface area (Å²) in [6.07, 6.45) is 4.25. The van der Waals surface area contributed by atoms with Crippen molar-refractivity contribution in [3.8, 4) is 0 Å². The molecule has 2 N–H and O–H groups in total. The van der Waals surface area contributed by atoms with Crippen LogP contribution in [-0.2, 0) is 0 Å². The van der Waals surface area contributed by atoms with Crippen molar-refractivity contribution < 1.29 is 5.11 Å². The summed E-state index contributed by atoms with van der Waals surface area (Å²) in [7, 11) is 0. The third-order valence-electron chi connectivity index (χ3n) is 2.98. The maximum Gasteiger partial charge on any atom is 0.0448 e. The van der Waals surface area contributed by atoms with Crippen LogP contribution >= 0.6 is 0 Å². The largest absolute Gasteiger partial charge is 0.396 e. The molecule has 1 atom stereocenters. The first-order valence-electron chi connectivity index (χ1n) is 5.50. The van der Waals surface area contributed by atoms with Gasteiger partial charge in [-0.2, -0.15) is 0 Å². The maximum absolute atomic E-state index is 8.95. The average Bonchev–Trinajstić information content (AvgIpc) is 2.15. The molecule has 2 heteroatoms. The van der Waals surface area contributed by atoms with E-state index in [1.807, 2.05) is 0 Å². The van der Waals surface area contributed by atoms with Gasteiger partial charge < -0.3 is 10.4 Å². The molecule has 2 nitrogen and oxygen atoms in total. The molecule has 0 amide bonds. The number of rotatable bonds is 7. The van der Waals surface area contributed by atoms with Gasteiger partial charge in [-0.1, -0.05) is 20.8 Å². The second-order valence-corrected chi connectivity index (χ2v) is 4.05. The topological polar surface area (TPSA) is 32.3 Å². The second-order valence-electron chi connectivity index (χ2n) is 4.05. The minimum absolute atomic E-state index is 0.117. The van der Waals surface area contributed by atoms with Crippen LogP contribution in [0.4, 0.5) is 0 Å². The van der Waals surface area contributed by atoms with Crippen LogP contribution in [0.1, 0.15) is 53.4 Å². The summed E-state index contributed by atoms with van der Waals surface area (Å²) in [5.41, 5.74) is 0.117. The molecule has 80 valence electrons. The van der Waals surface area contributed by atoms with Crippen LogP contribution in [0.2, 0.25) is 0 Å². The van der Waals surface area contributed by atoms with Gasteiger partial charge in [-0.15, -0.1) is 0 Å². The standard InChI is InChI=1S/C11H25NO/c1-5-10(6-2)12-11(4,7-3)8-9-13/h10,12-13H,5-9H2,1-4H3. The normalized spacial score (nSPS) is 16.2. The molecule has 0 rings (SSSR count). The SMILES string of the molecule is CCC(CC)NC(C)(CC)CCO. The summed E-state index contributed by atoms with van der Waals surface area (Å²) in [6, 6.07) is 0.594. The summed E-state index contributed by atoms with van der Waals surface area (Å²) in [5, 5.41) is 12.6. The van der Waals surface area contributed by atoms with Crippen LogP contribution < -0.4 is 5.32 Å². The molecule has 0 aliphatic rings. The first-order chi connectivity index (χ1) is 6.11. The molecule has 0 aliphatic heterocycles. The fraction of sp³-hybridized carbons (Fsp3) is 1.00. The first-order valence-corrected chi connectivity index (χ1v) is 5.50. The minimum atomic E-state index is 0.117. The van der Waals surface area contributed by atoms with E-state index in [0.29, 0.717) is 6.04 Å². The number of nitrogens with one attached hydrogen (secondary N) is 1. The lowest BCUT2D eigenvalue weighted by Gasteiger charge is -2.33. The van der Waals surface area contributed by atoms with Crippen LogP contribution in [0.5, 0.6) is 0 Å². The number of hydrogen-bond acceptors (Lipinski definition) is 2. The van der Waals surface area contributed by atoms with Gasteiger partial charge in [-0.25, -0.2) is 0 Å². The van der Waals surface area contributed by atoms with Crippen molar-refractivity contribution in [1.82, 2.24) is 5.32 Å². The van der Waals surface area contributed by atoms with Crippen molar-refractivity contribution in [2.45, 2.75) is 65.0 Å². The van der Waals surface area contributed by atoms with Gasteiger partial charge in [0.25, 0.3) is 0 Å². The Morgan fingerprint density at radius 2 is 1.77 bits per heavy atom. The zero-order valence-corrected chi connectivity index (χ0v) is 9.56. The van der Waals surface area contributed by atoms with E-state index < -0.39 is 0 Å². The van der Waals surface area contributed by atoms with Crippen LogP contribution in [0.25, 0.3) is 0 Å². The molecule has 0 spiro atoms. The molecule has 0 saturated heterocycles. The van der Waals surface area contributed by atoms with E-state index in [1.54, 1.807) is 0 Å². The van der Waals surface area contributed by atoms with Gasteiger partial charge in [-0.3, -0.25) is 0 Å². The molecular formula is C11H25NO. The van der Waals surface area contributed by atoms with Gasteiger partial charge in [0.2, 0.25) is 0 Å². The molecule has 1 unspecified atom stereocenters. The molecule has 0 aromatic heterocycles. The van der Waals surface area contributed by atoms with E-state index >= 15 is 0 Å². The monoisotopic (exact) mass is 187 g/mol. The molecule has 0 radical (unpaired) electrons. The summed E-state index contributed by atoms with van der Waals surface area (Å²) < 4.78 is 0. The summed E-state index contributed by atoms with van der Waals surface area (Å²) in [4.78, 5) is 0. The van der Waals surface area contributed by atoms with Crippen molar-refractivity contribution in [2.24, 2.45) is 0 Å². The summed E-state index contributed by atoms with van der Waals surface area (Å²) >= 11 is 0. The van der Waals surface area contributed by atoms with Crippen LogP contribution in [0.15, 0.2) is 0 Å². The Labute approximate surface area is 82.7 Å². The Bertz CT molecular complexity index is 123. The highest BCUT2D eigenvalue weighted by molar-refractivity contribution is 4.84. The molecule has 0 heterocycles. The Hall–Kier alpha value is -0.0800. The van der Waals surface area contributed by atoms with Gasteiger partial charge in [0.05, 0.1) is 0 Å². The molecule has 0 aromatic rings. The van der Waals surface area contributed by atoms with Crippen molar-refractivity contribution in [1.29, 1.82) is 0 Å². The summed E-state index contributed by atoms with van der Waals surface area (Å²) in [6.45, 7) is 9.05. The molecule has 0 saturated carbocycles. The third kappa shape index (κ3) is 4.63. The zero-order chi connectivity index (χ0) is 10.3. The number of hydrogen-bond donors (Lipinski definition) is 2. The lowest BCUT2D eigenvalue weighted by molar-refractivity contribution is 0.199. The Balaban J connectivity index is 4.07. The maximum atomic E-state index is 8.95. The van der Waals surface area contributed by atoms with Crippen LogP contribution in [0.3, 0.4) is 0 Å². The highest BCUT2D eigenvalue weighted by Gasteiger charge is 2.23. The molecule has 0 fully saturated rings. The fourth-order valence-electron chi connectivity index (χ4n) is 1.58. The Morgan fingerprint density at radius 1 is 1.23 bits per heavy atom. The lowest BCUT2D eigenvalue weighted by Crippen LogP contribution is -2.48. The molecule has 0 aliphatic carbocycles. The van der Waals surface area contributed by atoms with E-state index in [0.717, 1.165) is 25.7 Å². The third-order valence-corrected chi connectivity index (χ3v) is 2.98. The predicted octanol–water partition coefficient (Wildman–Crippen LogP) is 2.32. The molecular weight excluding hydrogens is 162 g/mol. The van der Waals surface area contributed by atoms with Gasteiger partial charge in [-0.05, 0) is 32.6 Å². The highest BCUT2D eigenvalue weighted by Crippen LogP contribution is 2.16. The number of aliphatic hydroxyl groups is 1. The first kappa shape index (κ1) is 12.9. The van der Waals surface area contributed by atoms with E-state index in [4.69, 9.17) is 5.11 Å². The van der Waals surface area contributed by atoms with Crippen molar-refractivity contribution in [3.63, 3.8) is 0 Å². The average molecular weight is 187 g/mol. The Kier molecular flexibility index (Phi) is 6.35. The quantitative estimate of drug-likeness (QED) is 0.641. The molecule has 13 heavy (non-hydrogen) atoms. The van der Waals surface area contributed by atoms with Crippen LogP contribution in [0, 0.1) is 0 Å². The van der Waals surface area contributed by atoms with Gasteiger partial charge in [0.1, 0.15) is 0 Å². The second kappa shape index (κ2) is 6.39. The molecule has 0 bridgehead atoms.